The van der Waals surface area contributed by atoms with Crippen molar-refractivity contribution in [2.75, 3.05) is 58.8 Å². The van der Waals surface area contributed by atoms with Crippen LogP contribution in [0.25, 0.3) is 21.8 Å². The van der Waals surface area contributed by atoms with E-state index in [2.05, 4.69) is 37.3 Å². The molecular formula is C24H28N6O2. The van der Waals surface area contributed by atoms with Crippen LogP contribution in [0.5, 0.6) is 11.5 Å². The van der Waals surface area contributed by atoms with Crippen molar-refractivity contribution in [2.24, 2.45) is 0 Å². The lowest BCUT2D eigenvalue weighted by atomic mass is 10.1. The largest absolute Gasteiger partial charge is 0.493 e. The Morgan fingerprint density at radius 3 is 2.78 bits per heavy atom. The van der Waals surface area contributed by atoms with Crippen LogP contribution in [0.4, 0.5) is 11.4 Å². The molecule has 2 aromatic heterocycles. The molecule has 8 heteroatoms. The van der Waals surface area contributed by atoms with Gasteiger partial charge in [-0.2, -0.15) is 5.10 Å². The molecular weight excluding hydrogens is 404 g/mol. The number of pyridine rings is 1. The summed E-state index contributed by atoms with van der Waals surface area (Å²) in [6.45, 7) is 5.89. The van der Waals surface area contributed by atoms with Crippen LogP contribution in [-0.2, 0) is 0 Å². The molecule has 1 aliphatic heterocycles. The predicted octanol–water partition coefficient (Wildman–Crippen LogP) is 3.49. The molecule has 4 aromatic rings. The van der Waals surface area contributed by atoms with Gasteiger partial charge < -0.3 is 19.7 Å². The fraction of sp³-hybridized carbons (Fsp3) is 0.333. The molecule has 5 rings (SSSR count). The van der Waals surface area contributed by atoms with Crippen LogP contribution < -0.4 is 14.8 Å². The van der Waals surface area contributed by atoms with E-state index in [0.29, 0.717) is 12.4 Å². The molecule has 3 heterocycles. The average molecular weight is 433 g/mol. The Hall–Kier alpha value is -3.36. The number of nitrogens with one attached hydrogen (secondary N) is 2. The fourth-order valence-electron chi connectivity index (χ4n) is 4.06. The molecule has 0 bridgehead atoms. The highest BCUT2D eigenvalue weighted by Crippen LogP contribution is 2.35. The van der Waals surface area contributed by atoms with Crippen molar-refractivity contribution in [3.05, 3.63) is 48.8 Å². The van der Waals surface area contributed by atoms with E-state index < -0.39 is 0 Å². The topological polar surface area (TPSA) is 78.5 Å². The first-order valence-electron chi connectivity index (χ1n) is 10.9. The van der Waals surface area contributed by atoms with E-state index in [4.69, 9.17) is 9.47 Å². The van der Waals surface area contributed by atoms with Crippen molar-refractivity contribution in [3.63, 3.8) is 0 Å². The van der Waals surface area contributed by atoms with Crippen molar-refractivity contribution in [3.8, 4) is 11.5 Å². The first-order valence-corrected chi connectivity index (χ1v) is 10.9. The third-order valence-corrected chi connectivity index (χ3v) is 6.01. The highest BCUT2D eigenvalue weighted by molar-refractivity contribution is 5.95. The van der Waals surface area contributed by atoms with Crippen LogP contribution in [0.1, 0.15) is 0 Å². The number of H-pyrrole nitrogens is 1. The zero-order valence-electron chi connectivity index (χ0n) is 18.5. The number of hydrogen-bond donors (Lipinski definition) is 2. The summed E-state index contributed by atoms with van der Waals surface area (Å²) in [7, 11) is 3.84. The molecule has 0 amide bonds. The Bertz CT molecular complexity index is 1220. The summed E-state index contributed by atoms with van der Waals surface area (Å²) in [5.41, 5.74) is 3.77. The molecule has 1 aliphatic rings. The lowest BCUT2D eigenvalue weighted by Crippen LogP contribution is -2.45. The van der Waals surface area contributed by atoms with Gasteiger partial charge in [-0.1, -0.05) is 0 Å². The number of likely N-dealkylation sites (N-methyl/N-ethyl adjacent to an activating group) is 1. The van der Waals surface area contributed by atoms with Crippen LogP contribution in [0.15, 0.2) is 48.8 Å². The second-order valence-electron chi connectivity index (χ2n) is 8.17. The second-order valence-corrected chi connectivity index (χ2v) is 8.17. The van der Waals surface area contributed by atoms with Gasteiger partial charge in [0.2, 0.25) is 0 Å². The van der Waals surface area contributed by atoms with Crippen molar-refractivity contribution >= 4 is 33.2 Å². The van der Waals surface area contributed by atoms with Gasteiger partial charge in [0.25, 0.3) is 0 Å². The lowest BCUT2D eigenvalue weighted by molar-refractivity contribution is 0.133. The molecule has 0 atom stereocenters. The molecule has 2 aromatic carbocycles. The molecule has 0 radical (unpaired) electrons. The summed E-state index contributed by atoms with van der Waals surface area (Å²) in [6, 6.07) is 12.0. The molecule has 8 nitrogen and oxygen atoms in total. The molecule has 166 valence electrons. The Kier molecular flexibility index (Phi) is 5.79. The van der Waals surface area contributed by atoms with Gasteiger partial charge in [-0.25, -0.2) is 0 Å². The minimum absolute atomic E-state index is 0.619. The summed E-state index contributed by atoms with van der Waals surface area (Å²) >= 11 is 0. The van der Waals surface area contributed by atoms with Gasteiger partial charge in [-0.05, 0) is 37.4 Å². The highest BCUT2D eigenvalue weighted by atomic mass is 16.5. The maximum absolute atomic E-state index is 6.11. The van der Waals surface area contributed by atoms with E-state index in [0.717, 1.165) is 71.7 Å². The van der Waals surface area contributed by atoms with E-state index in [1.807, 2.05) is 42.6 Å². The standard InChI is InChI=1S/C24H28N6O2/c1-29-7-9-30(10-8-29)11-12-32-24-15-22-19(14-23(24)31-2)20(5-6-25-22)27-18-4-3-17-16-26-28-21(17)13-18/h3-6,13-16H,7-12H2,1-2H3,(H,25,27)(H,26,28). The van der Waals surface area contributed by atoms with Gasteiger partial charge in [0.15, 0.2) is 11.5 Å². The number of benzene rings is 2. The molecule has 0 spiro atoms. The van der Waals surface area contributed by atoms with Crippen LogP contribution >= 0.6 is 0 Å². The highest BCUT2D eigenvalue weighted by Gasteiger charge is 2.15. The summed E-state index contributed by atoms with van der Waals surface area (Å²) in [5, 5.41) is 12.6. The number of rotatable bonds is 7. The van der Waals surface area contributed by atoms with Crippen molar-refractivity contribution in [1.29, 1.82) is 0 Å². The van der Waals surface area contributed by atoms with Gasteiger partial charge in [-0.15, -0.1) is 0 Å². The SMILES string of the molecule is COc1cc2c(Nc3ccc4cn[nH]c4c3)ccnc2cc1OCCN1CCN(C)CC1. The number of methoxy groups -OCH3 is 1. The van der Waals surface area contributed by atoms with Crippen molar-refractivity contribution in [1.82, 2.24) is 25.0 Å². The normalized spacial score (nSPS) is 15.3. The molecule has 0 unspecified atom stereocenters. The average Bonchev–Trinajstić information content (AvgIpc) is 3.28. The number of piperazine rings is 1. The molecule has 32 heavy (non-hydrogen) atoms. The maximum atomic E-state index is 6.11. The predicted molar refractivity (Wildman–Crippen MR) is 127 cm³/mol. The summed E-state index contributed by atoms with van der Waals surface area (Å²) < 4.78 is 11.8. The Morgan fingerprint density at radius 2 is 1.94 bits per heavy atom. The van der Waals surface area contributed by atoms with E-state index >= 15 is 0 Å². The number of anilines is 2. The number of hydrogen-bond acceptors (Lipinski definition) is 7. The smallest absolute Gasteiger partial charge is 0.163 e. The van der Waals surface area contributed by atoms with E-state index in [9.17, 15) is 0 Å². The number of fused-ring (bicyclic) bond motifs is 2. The zero-order valence-corrected chi connectivity index (χ0v) is 18.5. The molecule has 2 N–H and O–H groups in total. The Morgan fingerprint density at radius 1 is 1.06 bits per heavy atom. The van der Waals surface area contributed by atoms with E-state index in [1.54, 1.807) is 13.3 Å². The third-order valence-electron chi connectivity index (χ3n) is 6.01. The first kappa shape index (κ1) is 20.5. The van der Waals surface area contributed by atoms with E-state index in [-0.39, 0.29) is 0 Å². The Labute approximate surface area is 187 Å². The molecule has 1 fully saturated rings. The number of aromatic amines is 1. The van der Waals surface area contributed by atoms with Gasteiger partial charge in [0.1, 0.15) is 6.61 Å². The summed E-state index contributed by atoms with van der Waals surface area (Å²) in [4.78, 5) is 9.35. The van der Waals surface area contributed by atoms with Crippen LogP contribution in [0.3, 0.4) is 0 Å². The van der Waals surface area contributed by atoms with Crippen molar-refractivity contribution in [2.45, 2.75) is 0 Å². The second kappa shape index (κ2) is 9.02. The molecule has 1 saturated heterocycles. The van der Waals surface area contributed by atoms with Crippen LogP contribution in [-0.4, -0.2) is 78.5 Å². The number of aromatic nitrogens is 3. The summed E-state index contributed by atoms with van der Waals surface area (Å²) in [5.74, 6) is 1.42. The molecule has 0 aliphatic carbocycles. The fourth-order valence-corrected chi connectivity index (χ4v) is 4.06. The molecule has 0 saturated carbocycles. The third kappa shape index (κ3) is 4.32. The summed E-state index contributed by atoms with van der Waals surface area (Å²) in [6.07, 6.45) is 3.62. The van der Waals surface area contributed by atoms with Crippen LogP contribution in [0, 0.1) is 0 Å². The van der Waals surface area contributed by atoms with Gasteiger partial charge in [0, 0.05) is 67.1 Å². The van der Waals surface area contributed by atoms with Crippen molar-refractivity contribution < 1.29 is 9.47 Å². The first-order chi connectivity index (χ1) is 15.7. The van der Waals surface area contributed by atoms with E-state index in [1.165, 1.54) is 0 Å². The minimum atomic E-state index is 0.619. The van der Waals surface area contributed by atoms with Crippen LogP contribution in [0.2, 0.25) is 0 Å². The minimum Gasteiger partial charge on any atom is -0.493 e. The van der Waals surface area contributed by atoms with Gasteiger partial charge in [0.05, 0.1) is 24.3 Å². The maximum Gasteiger partial charge on any atom is 0.163 e. The van der Waals surface area contributed by atoms with Gasteiger partial charge >= 0.3 is 0 Å². The number of ether oxygens (including phenoxy) is 2. The number of nitrogens with zero attached hydrogens (tertiary/aromatic N) is 4. The van der Waals surface area contributed by atoms with Gasteiger partial charge in [-0.3, -0.25) is 15.0 Å². The zero-order chi connectivity index (χ0) is 21.9. The monoisotopic (exact) mass is 432 g/mol. The Balaban J connectivity index is 1.34. The quantitative estimate of drug-likeness (QED) is 0.463. The lowest BCUT2D eigenvalue weighted by Gasteiger charge is -2.32.